The number of halogens is 3. The van der Waals surface area contributed by atoms with E-state index in [1.807, 2.05) is 29.3 Å². The van der Waals surface area contributed by atoms with Crippen LogP contribution in [0.3, 0.4) is 0 Å². The van der Waals surface area contributed by atoms with Gasteiger partial charge in [0.15, 0.2) is 5.82 Å². The predicted molar refractivity (Wildman–Crippen MR) is 70.8 cm³/mol. The third-order valence-corrected chi connectivity index (χ3v) is 3.44. The molecule has 1 aliphatic rings. The van der Waals surface area contributed by atoms with Crippen molar-refractivity contribution >= 4 is 11.7 Å². The minimum absolute atomic E-state index is 0.373. The number of carbonyl (C=O) groups excluding carboxylic acids is 1. The Kier molecular flexibility index (Phi) is 4.64. The van der Waals surface area contributed by atoms with E-state index in [9.17, 15) is 18.0 Å². The molecule has 0 atom stereocenters. The number of aromatic nitrogens is 2. The molecule has 1 N–H and O–H groups in total. The molecule has 1 fully saturated rings. The Balaban J connectivity index is 1.82. The molecule has 0 spiro atoms. The first-order valence-electron chi connectivity index (χ1n) is 6.75. The van der Waals surface area contributed by atoms with Gasteiger partial charge < -0.3 is 10.2 Å². The fourth-order valence-electron chi connectivity index (χ4n) is 2.26. The molecule has 0 unspecified atom stereocenters. The van der Waals surface area contributed by atoms with E-state index in [-0.39, 0.29) is 5.92 Å². The predicted octanol–water partition coefficient (Wildman–Crippen LogP) is 1.68. The average Bonchev–Trinajstić information content (AvgIpc) is 2.45. The summed E-state index contributed by atoms with van der Waals surface area (Å²) in [7, 11) is 0. The van der Waals surface area contributed by atoms with Gasteiger partial charge in [-0.1, -0.05) is 0 Å². The van der Waals surface area contributed by atoms with Crippen molar-refractivity contribution in [2.24, 2.45) is 5.92 Å². The molecule has 1 aromatic heterocycles. The Morgan fingerprint density at radius 3 is 2.52 bits per heavy atom. The molecule has 8 heteroatoms. The number of aryl methyl sites for hydroxylation is 1. The van der Waals surface area contributed by atoms with E-state index in [2.05, 4.69) is 10.2 Å². The molecule has 0 saturated carbocycles. The first-order valence-corrected chi connectivity index (χ1v) is 6.75. The second kappa shape index (κ2) is 6.28. The number of nitrogens with one attached hydrogen (secondary N) is 1. The maximum atomic E-state index is 12.1. The van der Waals surface area contributed by atoms with Gasteiger partial charge in [-0.25, -0.2) is 0 Å². The minimum atomic E-state index is -4.37. The topological polar surface area (TPSA) is 58.1 Å². The molecule has 0 bridgehead atoms. The molecule has 2 heterocycles. The molecular weight excluding hydrogens is 285 g/mol. The van der Waals surface area contributed by atoms with E-state index in [4.69, 9.17) is 0 Å². The lowest BCUT2D eigenvalue weighted by Crippen LogP contribution is -2.43. The van der Waals surface area contributed by atoms with Crippen LogP contribution in [0.5, 0.6) is 0 Å². The standard InChI is InChI=1S/C13H17F3N4O/c1-9-2-3-11(19-18-9)20-6-4-10(5-7-20)12(21)17-8-13(14,15)16/h2-3,10H,4-8H2,1H3,(H,17,21). The van der Waals surface area contributed by atoms with E-state index >= 15 is 0 Å². The molecule has 0 aromatic carbocycles. The zero-order valence-electron chi connectivity index (χ0n) is 11.7. The lowest BCUT2D eigenvalue weighted by atomic mass is 9.96. The summed E-state index contributed by atoms with van der Waals surface area (Å²) in [5.41, 5.74) is 0.820. The lowest BCUT2D eigenvalue weighted by Gasteiger charge is -2.31. The van der Waals surface area contributed by atoms with E-state index < -0.39 is 18.6 Å². The summed E-state index contributed by atoms with van der Waals surface area (Å²) in [6.45, 7) is 1.74. The second-order valence-electron chi connectivity index (χ2n) is 5.13. The summed E-state index contributed by atoms with van der Waals surface area (Å²) in [6, 6.07) is 3.71. The molecule has 1 saturated heterocycles. The number of hydrogen-bond donors (Lipinski definition) is 1. The van der Waals surface area contributed by atoms with Crippen molar-refractivity contribution in [1.29, 1.82) is 0 Å². The first kappa shape index (κ1) is 15.5. The van der Waals surface area contributed by atoms with Crippen LogP contribution < -0.4 is 10.2 Å². The fraction of sp³-hybridized carbons (Fsp3) is 0.615. The maximum absolute atomic E-state index is 12.1. The van der Waals surface area contributed by atoms with Crippen LogP contribution >= 0.6 is 0 Å². The summed E-state index contributed by atoms with van der Waals surface area (Å²) in [5.74, 6) is -0.168. The Labute approximate surface area is 120 Å². The highest BCUT2D eigenvalue weighted by molar-refractivity contribution is 5.79. The van der Waals surface area contributed by atoms with Gasteiger partial charge in [-0.05, 0) is 31.9 Å². The zero-order chi connectivity index (χ0) is 15.5. The highest BCUT2D eigenvalue weighted by Gasteiger charge is 2.31. The number of hydrogen-bond acceptors (Lipinski definition) is 4. The molecule has 0 radical (unpaired) electrons. The number of rotatable bonds is 3. The lowest BCUT2D eigenvalue weighted by molar-refractivity contribution is -0.141. The largest absolute Gasteiger partial charge is 0.405 e. The van der Waals surface area contributed by atoms with E-state index in [1.165, 1.54) is 0 Å². The Morgan fingerprint density at radius 2 is 2.00 bits per heavy atom. The Hall–Kier alpha value is -1.86. The molecule has 0 aliphatic carbocycles. The SMILES string of the molecule is Cc1ccc(N2CCC(C(=O)NCC(F)(F)F)CC2)nn1. The van der Waals surface area contributed by atoms with Crippen LogP contribution in [0.2, 0.25) is 0 Å². The van der Waals surface area contributed by atoms with Crippen molar-refractivity contribution in [3.8, 4) is 0 Å². The highest BCUT2D eigenvalue weighted by Crippen LogP contribution is 2.22. The van der Waals surface area contributed by atoms with E-state index in [0.29, 0.717) is 25.9 Å². The molecule has 1 aromatic rings. The molecular formula is C13H17F3N4O. The van der Waals surface area contributed by atoms with Crippen LogP contribution in [-0.2, 0) is 4.79 Å². The van der Waals surface area contributed by atoms with Gasteiger partial charge in [0.1, 0.15) is 6.54 Å². The second-order valence-corrected chi connectivity index (χ2v) is 5.13. The monoisotopic (exact) mass is 302 g/mol. The molecule has 21 heavy (non-hydrogen) atoms. The minimum Gasteiger partial charge on any atom is -0.355 e. The molecule has 2 rings (SSSR count). The Morgan fingerprint density at radius 1 is 1.33 bits per heavy atom. The van der Waals surface area contributed by atoms with E-state index in [1.54, 1.807) is 0 Å². The summed E-state index contributed by atoms with van der Waals surface area (Å²) in [4.78, 5) is 13.7. The molecule has 1 amide bonds. The normalized spacial score (nSPS) is 16.9. The summed E-state index contributed by atoms with van der Waals surface area (Å²) < 4.78 is 36.2. The molecule has 5 nitrogen and oxygen atoms in total. The van der Waals surface area contributed by atoms with Crippen LogP contribution in [0.25, 0.3) is 0 Å². The van der Waals surface area contributed by atoms with Crippen LogP contribution in [0.1, 0.15) is 18.5 Å². The quantitative estimate of drug-likeness (QED) is 0.923. The Bertz CT molecular complexity index is 481. The summed E-state index contributed by atoms with van der Waals surface area (Å²) >= 11 is 0. The summed E-state index contributed by atoms with van der Waals surface area (Å²) in [6.07, 6.45) is -3.34. The van der Waals surface area contributed by atoms with Crippen molar-refractivity contribution in [3.63, 3.8) is 0 Å². The highest BCUT2D eigenvalue weighted by atomic mass is 19.4. The first-order chi connectivity index (χ1) is 9.85. The van der Waals surface area contributed by atoms with Crippen molar-refractivity contribution in [2.75, 3.05) is 24.5 Å². The average molecular weight is 302 g/mol. The molecule has 1 aliphatic heterocycles. The van der Waals surface area contributed by atoms with E-state index in [0.717, 1.165) is 11.5 Å². The van der Waals surface area contributed by atoms with Crippen LogP contribution in [0.15, 0.2) is 12.1 Å². The number of piperidine rings is 1. The van der Waals surface area contributed by atoms with Crippen molar-refractivity contribution in [2.45, 2.75) is 25.9 Å². The smallest absolute Gasteiger partial charge is 0.355 e. The third-order valence-electron chi connectivity index (χ3n) is 3.44. The van der Waals surface area contributed by atoms with Crippen LogP contribution in [0, 0.1) is 12.8 Å². The fourth-order valence-corrected chi connectivity index (χ4v) is 2.26. The maximum Gasteiger partial charge on any atom is 0.405 e. The summed E-state index contributed by atoms with van der Waals surface area (Å²) in [5, 5.41) is 9.98. The van der Waals surface area contributed by atoms with Crippen LogP contribution in [-0.4, -0.2) is 41.9 Å². The van der Waals surface area contributed by atoms with Gasteiger partial charge in [-0.2, -0.15) is 18.3 Å². The van der Waals surface area contributed by atoms with Crippen molar-refractivity contribution in [1.82, 2.24) is 15.5 Å². The number of nitrogens with zero attached hydrogens (tertiary/aromatic N) is 3. The number of alkyl halides is 3. The van der Waals surface area contributed by atoms with Gasteiger partial charge in [0, 0.05) is 19.0 Å². The number of anilines is 1. The van der Waals surface area contributed by atoms with Gasteiger partial charge in [0.05, 0.1) is 5.69 Å². The van der Waals surface area contributed by atoms with Crippen LogP contribution in [0.4, 0.5) is 19.0 Å². The van der Waals surface area contributed by atoms with Gasteiger partial charge in [-0.3, -0.25) is 4.79 Å². The third kappa shape index (κ3) is 4.57. The van der Waals surface area contributed by atoms with Gasteiger partial charge >= 0.3 is 6.18 Å². The number of carbonyl (C=O) groups is 1. The van der Waals surface area contributed by atoms with Gasteiger partial charge in [0.25, 0.3) is 0 Å². The number of amides is 1. The van der Waals surface area contributed by atoms with Gasteiger partial charge in [-0.15, -0.1) is 5.10 Å². The zero-order valence-corrected chi connectivity index (χ0v) is 11.7. The van der Waals surface area contributed by atoms with Crippen molar-refractivity contribution < 1.29 is 18.0 Å². The van der Waals surface area contributed by atoms with Gasteiger partial charge in [0.2, 0.25) is 5.91 Å². The van der Waals surface area contributed by atoms with Crippen molar-refractivity contribution in [3.05, 3.63) is 17.8 Å². The molecule has 116 valence electrons.